The molecule has 0 bridgehead atoms. The molecule has 0 saturated heterocycles. The quantitative estimate of drug-likeness (QED) is 0.587. The molecule has 1 heterocycles. The molecule has 0 spiro atoms. The van der Waals surface area contributed by atoms with Gasteiger partial charge in [0.05, 0.1) is 4.90 Å². The smallest absolute Gasteiger partial charge is 0.222 e. The molecule has 0 aliphatic heterocycles. The predicted molar refractivity (Wildman–Crippen MR) is 117 cm³/mol. The Morgan fingerprint density at radius 2 is 1.52 bits per heavy atom. The van der Waals surface area contributed by atoms with E-state index in [1.54, 1.807) is 73.8 Å². The summed E-state index contributed by atoms with van der Waals surface area (Å²) in [5, 5.41) is 0.668. The molecule has 0 aliphatic rings. The maximum absolute atomic E-state index is 13.2. The fourth-order valence-electron chi connectivity index (χ4n) is 3.49. The lowest BCUT2D eigenvalue weighted by Crippen LogP contribution is -2.32. The Bertz CT molecular complexity index is 1180. The van der Waals surface area contributed by atoms with Gasteiger partial charge in [-0.1, -0.05) is 54.1 Å². The lowest BCUT2D eigenvalue weighted by molar-refractivity contribution is 0.569. The summed E-state index contributed by atoms with van der Waals surface area (Å²) in [6.07, 6.45) is 0. The Hall–Kier alpha value is -2.00. The third kappa shape index (κ3) is 4.61. The van der Waals surface area contributed by atoms with Crippen LogP contribution < -0.4 is 4.72 Å². The third-order valence-corrected chi connectivity index (χ3v) is 9.91. The van der Waals surface area contributed by atoms with E-state index in [9.17, 15) is 16.8 Å². The van der Waals surface area contributed by atoms with Gasteiger partial charge in [-0.2, -0.15) is 0 Å². The highest BCUT2D eigenvalue weighted by molar-refractivity contribution is 7.93. The van der Waals surface area contributed by atoms with Crippen molar-refractivity contribution in [3.8, 4) is 0 Å². The van der Waals surface area contributed by atoms with E-state index in [1.165, 1.54) is 0 Å². The molecular weight excluding hydrogens is 426 g/mol. The summed E-state index contributed by atoms with van der Waals surface area (Å²) in [5.74, 6) is 0. The number of aryl methyl sites for hydroxylation is 3. The van der Waals surface area contributed by atoms with Gasteiger partial charge >= 0.3 is 0 Å². The van der Waals surface area contributed by atoms with Gasteiger partial charge in [0.15, 0.2) is 9.84 Å². The van der Waals surface area contributed by atoms with Crippen LogP contribution in [0, 0.1) is 20.8 Å². The minimum atomic E-state index is -3.88. The highest BCUT2D eigenvalue weighted by atomic mass is 32.2. The zero-order valence-corrected chi connectivity index (χ0v) is 18.9. The van der Waals surface area contributed by atoms with Crippen molar-refractivity contribution in [2.45, 2.75) is 35.1 Å². The van der Waals surface area contributed by atoms with Crippen LogP contribution in [-0.2, 0) is 19.9 Å². The fraction of sp³-hybridized carbons (Fsp3) is 0.238. The second kappa shape index (κ2) is 8.39. The normalized spacial score (nSPS) is 13.3. The van der Waals surface area contributed by atoms with Crippen molar-refractivity contribution in [2.75, 3.05) is 6.54 Å². The molecule has 0 radical (unpaired) electrons. The average molecular weight is 450 g/mol. The topological polar surface area (TPSA) is 80.3 Å². The third-order valence-electron chi connectivity index (χ3n) is 4.65. The van der Waals surface area contributed by atoms with E-state index in [2.05, 4.69) is 4.72 Å². The Kier molecular flexibility index (Phi) is 6.28. The molecule has 154 valence electrons. The Balaban J connectivity index is 1.98. The van der Waals surface area contributed by atoms with Crippen LogP contribution in [0.4, 0.5) is 0 Å². The van der Waals surface area contributed by atoms with Crippen LogP contribution >= 0.6 is 11.3 Å². The molecule has 2 aromatic carbocycles. The number of sulfonamides is 1. The summed E-state index contributed by atoms with van der Waals surface area (Å²) in [6, 6.07) is 15.5. The van der Waals surface area contributed by atoms with Crippen LogP contribution in [0.1, 0.15) is 27.5 Å². The maximum atomic E-state index is 13.2. The SMILES string of the molecule is Cc1cc(C)c(S(=O)(=O)NCC(c2ccccc2)S(=O)(=O)c2cccs2)c(C)c1. The molecule has 1 aromatic heterocycles. The number of benzene rings is 2. The highest BCUT2D eigenvalue weighted by Gasteiger charge is 2.32. The monoisotopic (exact) mass is 449 g/mol. The van der Waals surface area contributed by atoms with Gasteiger partial charge in [0.1, 0.15) is 9.46 Å². The molecule has 3 aromatic rings. The van der Waals surface area contributed by atoms with E-state index in [0.29, 0.717) is 16.7 Å². The van der Waals surface area contributed by atoms with E-state index in [4.69, 9.17) is 0 Å². The predicted octanol–water partition coefficient (Wildman–Crippen LogP) is 4.17. The highest BCUT2D eigenvalue weighted by Crippen LogP contribution is 2.32. The van der Waals surface area contributed by atoms with Gasteiger partial charge in [0, 0.05) is 6.54 Å². The number of hydrogen-bond acceptors (Lipinski definition) is 5. The Morgan fingerprint density at radius 1 is 0.897 bits per heavy atom. The Labute approximate surface area is 176 Å². The summed E-state index contributed by atoms with van der Waals surface area (Å²) in [4.78, 5) is 0.198. The minimum absolute atomic E-state index is 0.198. The van der Waals surface area contributed by atoms with E-state index in [0.717, 1.165) is 16.9 Å². The van der Waals surface area contributed by atoms with Crippen molar-refractivity contribution < 1.29 is 16.8 Å². The lowest BCUT2D eigenvalue weighted by atomic mass is 10.1. The summed E-state index contributed by atoms with van der Waals surface area (Å²) in [5.41, 5.74) is 2.78. The van der Waals surface area contributed by atoms with Crippen LogP contribution in [0.15, 0.2) is 69.1 Å². The van der Waals surface area contributed by atoms with Crippen LogP contribution in [-0.4, -0.2) is 23.4 Å². The van der Waals surface area contributed by atoms with Crippen LogP contribution in [0.2, 0.25) is 0 Å². The molecule has 1 N–H and O–H groups in total. The van der Waals surface area contributed by atoms with Gasteiger partial charge in [-0.3, -0.25) is 0 Å². The summed E-state index contributed by atoms with van der Waals surface area (Å²) in [6.45, 7) is 5.14. The van der Waals surface area contributed by atoms with Crippen molar-refractivity contribution >= 4 is 31.2 Å². The molecule has 1 atom stereocenters. The number of thiophene rings is 1. The zero-order chi connectivity index (χ0) is 21.2. The Morgan fingerprint density at radius 3 is 2.07 bits per heavy atom. The first-order chi connectivity index (χ1) is 13.6. The van der Waals surface area contributed by atoms with Crippen molar-refractivity contribution in [1.29, 1.82) is 0 Å². The van der Waals surface area contributed by atoms with Gasteiger partial charge < -0.3 is 0 Å². The number of rotatable bonds is 7. The fourth-order valence-corrected chi connectivity index (χ4v) is 7.96. The van der Waals surface area contributed by atoms with Gasteiger partial charge in [-0.25, -0.2) is 21.6 Å². The van der Waals surface area contributed by atoms with Crippen molar-refractivity contribution in [3.63, 3.8) is 0 Å². The molecule has 0 saturated carbocycles. The summed E-state index contributed by atoms with van der Waals surface area (Å²) >= 11 is 1.12. The molecule has 1 unspecified atom stereocenters. The van der Waals surface area contributed by atoms with Crippen molar-refractivity contribution in [2.24, 2.45) is 0 Å². The first-order valence-corrected chi connectivity index (χ1v) is 12.9. The van der Waals surface area contributed by atoms with Gasteiger partial charge in [-0.15, -0.1) is 11.3 Å². The molecule has 3 rings (SSSR count). The van der Waals surface area contributed by atoms with E-state index >= 15 is 0 Å². The van der Waals surface area contributed by atoms with Gasteiger partial charge in [-0.05, 0) is 48.9 Å². The van der Waals surface area contributed by atoms with Crippen LogP contribution in [0.5, 0.6) is 0 Å². The molecule has 0 aliphatic carbocycles. The van der Waals surface area contributed by atoms with Crippen LogP contribution in [0.3, 0.4) is 0 Å². The minimum Gasteiger partial charge on any atom is -0.222 e. The second-order valence-corrected chi connectivity index (χ2v) is 12.0. The van der Waals surface area contributed by atoms with Crippen molar-refractivity contribution in [1.82, 2.24) is 4.72 Å². The van der Waals surface area contributed by atoms with E-state index < -0.39 is 25.1 Å². The molecular formula is C21H23NO4S3. The van der Waals surface area contributed by atoms with Crippen molar-refractivity contribution in [3.05, 3.63) is 82.2 Å². The lowest BCUT2D eigenvalue weighted by Gasteiger charge is -2.19. The number of sulfone groups is 1. The number of hydrogen-bond donors (Lipinski definition) is 1. The molecule has 0 fully saturated rings. The first kappa shape index (κ1) is 21.7. The molecule has 29 heavy (non-hydrogen) atoms. The van der Waals surface area contributed by atoms with Gasteiger partial charge in [0.25, 0.3) is 0 Å². The van der Waals surface area contributed by atoms with E-state index in [1.807, 2.05) is 6.92 Å². The van der Waals surface area contributed by atoms with Crippen LogP contribution in [0.25, 0.3) is 0 Å². The average Bonchev–Trinajstić information content (AvgIpc) is 3.17. The molecule has 8 heteroatoms. The largest absolute Gasteiger partial charge is 0.241 e. The summed E-state index contributed by atoms with van der Waals surface area (Å²) < 4.78 is 55.2. The standard InChI is InChI=1S/C21H23NO4S3/c1-15-12-16(2)21(17(3)13-15)29(25,26)22-14-19(18-8-5-4-6-9-18)28(23,24)20-10-7-11-27-20/h4-13,19,22H,14H2,1-3H3. The first-order valence-electron chi connectivity index (χ1n) is 9.03. The molecule has 5 nitrogen and oxygen atoms in total. The zero-order valence-electron chi connectivity index (χ0n) is 16.4. The maximum Gasteiger partial charge on any atom is 0.241 e. The van der Waals surface area contributed by atoms with Gasteiger partial charge in [0.2, 0.25) is 10.0 Å². The second-order valence-electron chi connectivity index (χ2n) is 6.96. The summed E-state index contributed by atoms with van der Waals surface area (Å²) in [7, 11) is -7.63. The van der Waals surface area contributed by atoms with E-state index in [-0.39, 0.29) is 15.6 Å². The molecule has 0 amide bonds. The number of nitrogens with one attached hydrogen (secondary N) is 1.